The van der Waals surface area contributed by atoms with Crippen molar-refractivity contribution < 1.29 is 0 Å². The van der Waals surface area contributed by atoms with E-state index in [2.05, 4.69) is 38.6 Å². The number of aryl methyl sites for hydroxylation is 1. The summed E-state index contributed by atoms with van der Waals surface area (Å²) in [7, 11) is 2.04. The van der Waals surface area contributed by atoms with Crippen molar-refractivity contribution in [2.75, 3.05) is 6.54 Å². The molecule has 2 heterocycles. The van der Waals surface area contributed by atoms with E-state index in [0.717, 1.165) is 13.0 Å². The molecule has 86 valence electrons. The molecule has 16 heavy (non-hydrogen) atoms. The zero-order valence-electron chi connectivity index (χ0n) is 9.68. The van der Waals surface area contributed by atoms with Crippen molar-refractivity contribution in [2.24, 2.45) is 7.05 Å². The van der Waals surface area contributed by atoms with Gasteiger partial charge in [0, 0.05) is 13.2 Å². The Morgan fingerprint density at radius 3 is 3.00 bits per heavy atom. The fraction of sp³-hybridized carbons (Fsp3) is 0.417. The molecule has 0 aliphatic heterocycles. The number of nitrogens with zero attached hydrogens (tertiary/aromatic N) is 2. The molecule has 1 unspecified atom stereocenters. The van der Waals surface area contributed by atoms with Crippen LogP contribution in [-0.2, 0) is 13.5 Å². The first-order chi connectivity index (χ1) is 7.81. The van der Waals surface area contributed by atoms with Crippen LogP contribution in [0.4, 0.5) is 0 Å². The molecule has 2 aromatic rings. The average Bonchev–Trinajstić information content (AvgIpc) is 2.88. The van der Waals surface area contributed by atoms with Crippen LogP contribution in [0, 0.1) is 0 Å². The molecule has 0 aromatic carbocycles. The number of likely N-dealkylation sites (N-methyl/N-ethyl adjacent to an activating group) is 1. The molecule has 0 amide bonds. The summed E-state index contributed by atoms with van der Waals surface area (Å²) in [4.78, 5) is 4.18. The van der Waals surface area contributed by atoms with Crippen molar-refractivity contribution in [1.82, 2.24) is 14.9 Å². The molecule has 0 radical (unpaired) electrons. The van der Waals surface area contributed by atoms with Gasteiger partial charge >= 0.3 is 0 Å². The number of imidazole rings is 1. The number of rotatable bonds is 5. The summed E-state index contributed by atoms with van der Waals surface area (Å²) in [6, 6.07) is 2.54. The van der Waals surface area contributed by atoms with Crippen LogP contribution >= 0.6 is 11.3 Å². The average molecular weight is 235 g/mol. The molecule has 0 aliphatic carbocycles. The van der Waals surface area contributed by atoms with Crippen LogP contribution in [0.3, 0.4) is 0 Å². The minimum absolute atomic E-state index is 0.354. The second-order valence-corrected chi connectivity index (χ2v) is 4.66. The van der Waals surface area contributed by atoms with E-state index < -0.39 is 0 Å². The molecule has 2 rings (SSSR count). The highest BCUT2D eigenvalue weighted by Gasteiger charge is 2.14. The van der Waals surface area contributed by atoms with Crippen molar-refractivity contribution in [3.05, 3.63) is 40.6 Å². The van der Waals surface area contributed by atoms with E-state index in [1.165, 1.54) is 11.3 Å². The fourth-order valence-electron chi connectivity index (χ4n) is 1.88. The summed E-state index contributed by atoms with van der Waals surface area (Å²) < 4.78 is 2.08. The van der Waals surface area contributed by atoms with E-state index in [9.17, 15) is 0 Å². The van der Waals surface area contributed by atoms with Gasteiger partial charge in [-0.15, -0.1) is 0 Å². The second-order valence-electron chi connectivity index (χ2n) is 3.88. The van der Waals surface area contributed by atoms with E-state index in [-0.39, 0.29) is 0 Å². The van der Waals surface area contributed by atoms with Crippen molar-refractivity contribution in [1.29, 1.82) is 0 Å². The predicted molar refractivity (Wildman–Crippen MR) is 67.6 cm³/mol. The molecule has 0 saturated carbocycles. The van der Waals surface area contributed by atoms with Gasteiger partial charge in [-0.05, 0) is 35.4 Å². The van der Waals surface area contributed by atoms with E-state index in [4.69, 9.17) is 0 Å². The van der Waals surface area contributed by atoms with Gasteiger partial charge in [-0.25, -0.2) is 4.98 Å². The smallest absolute Gasteiger partial charge is 0.0946 e. The SMILES string of the molecule is CCNC(Cc1ccsc1)c1cncn1C. The summed E-state index contributed by atoms with van der Waals surface area (Å²) in [5.41, 5.74) is 2.63. The molecule has 0 saturated heterocycles. The zero-order chi connectivity index (χ0) is 11.4. The first-order valence-electron chi connectivity index (χ1n) is 5.52. The van der Waals surface area contributed by atoms with Gasteiger partial charge in [0.15, 0.2) is 0 Å². The molecular formula is C12H17N3S. The normalized spacial score (nSPS) is 12.9. The van der Waals surface area contributed by atoms with Crippen LogP contribution < -0.4 is 5.32 Å². The molecule has 2 aromatic heterocycles. The lowest BCUT2D eigenvalue weighted by molar-refractivity contribution is 0.521. The zero-order valence-corrected chi connectivity index (χ0v) is 10.5. The summed E-state index contributed by atoms with van der Waals surface area (Å²) in [5.74, 6) is 0. The summed E-state index contributed by atoms with van der Waals surface area (Å²) >= 11 is 1.75. The van der Waals surface area contributed by atoms with Gasteiger partial charge in [-0.3, -0.25) is 0 Å². The van der Waals surface area contributed by atoms with Crippen molar-refractivity contribution >= 4 is 11.3 Å². The molecule has 4 heteroatoms. The topological polar surface area (TPSA) is 29.9 Å². The minimum Gasteiger partial charge on any atom is -0.336 e. The van der Waals surface area contributed by atoms with Gasteiger partial charge < -0.3 is 9.88 Å². The Bertz CT molecular complexity index is 419. The number of hydrogen-bond donors (Lipinski definition) is 1. The monoisotopic (exact) mass is 235 g/mol. The Balaban J connectivity index is 2.14. The van der Waals surface area contributed by atoms with Gasteiger partial charge in [0.1, 0.15) is 0 Å². The summed E-state index contributed by atoms with van der Waals surface area (Å²) in [6.07, 6.45) is 4.82. The predicted octanol–water partition coefficient (Wildman–Crippen LogP) is 2.37. The molecule has 0 fully saturated rings. The third-order valence-corrected chi connectivity index (χ3v) is 3.41. The Kier molecular flexibility index (Phi) is 3.74. The van der Waals surface area contributed by atoms with Crippen LogP contribution in [0.1, 0.15) is 24.2 Å². The van der Waals surface area contributed by atoms with Crippen LogP contribution in [0.15, 0.2) is 29.4 Å². The molecule has 1 N–H and O–H groups in total. The van der Waals surface area contributed by atoms with Gasteiger partial charge in [0.2, 0.25) is 0 Å². The first-order valence-corrected chi connectivity index (χ1v) is 6.46. The molecule has 0 aliphatic rings. The number of nitrogens with one attached hydrogen (secondary N) is 1. The van der Waals surface area contributed by atoms with Gasteiger partial charge in [0.25, 0.3) is 0 Å². The molecule has 0 spiro atoms. The van der Waals surface area contributed by atoms with Crippen molar-refractivity contribution in [2.45, 2.75) is 19.4 Å². The lowest BCUT2D eigenvalue weighted by atomic mass is 10.1. The van der Waals surface area contributed by atoms with E-state index >= 15 is 0 Å². The van der Waals surface area contributed by atoms with Crippen LogP contribution in [0.25, 0.3) is 0 Å². The third kappa shape index (κ3) is 2.51. The maximum Gasteiger partial charge on any atom is 0.0946 e. The van der Waals surface area contributed by atoms with E-state index in [1.807, 2.05) is 19.6 Å². The molecule has 1 atom stereocenters. The van der Waals surface area contributed by atoms with Crippen molar-refractivity contribution in [3.63, 3.8) is 0 Å². The van der Waals surface area contributed by atoms with Gasteiger partial charge in [-0.2, -0.15) is 11.3 Å². The van der Waals surface area contributed by atoms with Crippen LogP contribution in [0.5, 0.6) is 0 Å². The highest BCUT2D eigenvalue weighted by atomic mass is 32.1. The quantitative estimate of drug-likeness (QED) is 0.862. The van der Waals surface area contributed by atoms with Gasteiger partial charge in [0.05, 0.1) is 18.1 Å². The first kappa shape index (κ1) is 11.4. The Hall–Kier alpha value is -1.13. The highest BCUT2D eigenvalue weighted by Crippen LogP contribution is 2.19. The largest absolute Gasteiger partial charge is 0.336 e. The number of thiophene rings is 1. The molecular weight excluding hydrogens is 218 g/mol. The summed E-state index contributed by atoms with van der Waals surface area (Å²) in [6.45, 7) is 3.11. The fourth-order valence-corrected chi connectivity index (χ4v) is 2.56. The maximum atomic E-state index is 4.18. The minimum atomic E-state index is 0.354. The highest BCUT2D eigenvalue weighted by molar-refractivity contribution is 7.07. The standard InChI is InChI=1S/C12H17N3S/c1-3-14-11(6-10-4-5-16-8-10)12-7-13-9-15(12)2/h4-5,7-9,11,14H,3,6H2,1-2H3. The van der Waals surface area contributed by atoms with Crippen LogP contribution in [-0.4, -0.2) is 16.1 Å². The molecule has 3 nitrogen and oxygen atoms in total. The Morgan fingerprint density at radius 1 is 1.56 bits per heavy atom. The Morgan fingerprint density at radius 2 is 2.44 bits per heavy atom. The second kappa shape index (κ2) is 5.27. The third-order valence-electron chi connectivity index (χ3n) is 2.68. The summed E-state index contributed by atoms with van der Waals surface area (Å²) in [5, 5.41) is 7.84. The Labute approximate surface area is 100 Å². The van der Waals surface area contributed by atoms with Crippen LogP contribution in [0.2, 0.25) is 0 Å². The van der Waals surface area contributed by atoms with E-state index in [0.29, 0.717) is 6.04 Å². The van der Waals surface area contributed by atoms with Gasteiger partial charge in [-0.1, -0.05) is 6.92 Å². The molecule has 0 bridgehead atoms. The number of aromatic nitrogens is 2. The maximum absolute atomic E-state index is 4.18. The number of hydrogen-bond acceptors (Lipinski definition) is 3. The van der Waals surface area contributed by atoms with E-state index in [1.54, 1.807) is 11.3 Å². The lowest BCUT2D eigenvalue weighted by Crippen LogP contribution is -2.24. The van der Waals surface area contributed by atoms with Crippen molar-refractivity contribution in [3.8, 4) is 0 Å². The lowest BCUT2D eigenvalue weighted by Gasteiger charge is -2.17.